The minimum Gasteiger partial charge on any atom is -0.465 e. The summed E-state index contributed by atoms with van der Waals surface area (Å²) in [6.45, 7) is 1.46. The highest BCUT2D eigenvalue weighted by molar-refractivity contribution is 9.10. The van der Waals surface area contributed by atoms with Gasteiger partial charge in [-0.25, -0.2) is 14.3 Å². The fourth-order valence-corrected chi connectivity index (χ4v) is 2.79. The zero-order valence-electron chi connectivity index (χ0n) is 10.9. The minimum absolute atomic E-state index is 0.0104. The van der Waals surface area contributed by atoms with Crippen molar-refractivity contribution in [2.75, 3.05) is 25.0 Å². The molecule has 20 heavy (non-hydrogen) atoms. The summed E-state index contributed by atoms with van der Waals surface area (Å²) in [7, 11) is 1.61. The molecule has 0 saturated carbocycles. The third kappa shape index (κ3) is 2.20. The second-order valence-corrected chi connectivity index (χ2v) is 5.64. The number of carbonyl (C=O) groups is 1. The highest BCUT2D eigenvalue weighted by Gasteiger charge is 2.29. The number of nitrogens with zero attached hydrogens (tertiary/aromatic N) is 5. The molecule has 1 aliphatic heterocycles. The molecule has 0 aliphatic carbocycles. The van der Waals surface area contributed by atoms with E-state index in [1.807, 2.05) is 12.1 Å². The van der Waals surface area contributed by atoms with E-state index in [1.165, 1.54) is 4.90 Å². The maximum Gasteiger partial charge on any atom is 0.407 e. The average molecular weight is 340 g/mol. The molecule has 2 aromatic rings. The summed E-state index contributed by atoms with van der Waals surface area (Å²) in [6.07, 6.45) is 1.63. The number of fused-ring (bicyclic) bond motifs is 1. The molecule has 0 unspecified atom stereocenters. The van der Waals surface area contributed by atoms with Gasteiger partial charge in [0.15, 0.2) is 5.65 Å². The molecular formula is C12H14BrN5O2. The third-order valence-electron chi connectivity index (χ3n) is 3.64. The van der Waals surface area contributed by atoms with Crippen molar-refractivity contribution in [2.45, 2.75) is 12.5 Å². The molecule has 1 amide bonds. The molecule has 0 radical (unpaired) electrons. The summed E-state index contributed by atoms with van der Waals surface area (Å²) < 4.78 is 2.52. The van der Waals surface area contributed by atoms with E-state index in [0.29, 0.717) is 6.54 Å². The molecule has 106 valence electrons. The molecule has 1 N–H and O–H groups in total. The summed E-state index contributed by atoms with van der Waals surface area (Å²) in [5, 5.41) is 13.5. The van der Waals surface area contributed by atoms with Crippen LogP contribution < -0.4 is 4.90 Å². The van der Waals surface area contributed by atoms with Crippen LogP contribution in [0.4, 0.5) is 10.6 Å². The summed E-state index contributed by atoms with van der Waals surface area (Å²) in [5.74, 6) is 0.831. The van der Waals surface area contributed by atoms with E-state index < -0.39 is 6.09 Å². The standard InChI is InChI=1S/C12H14BrN5O2/c1-16(12(19)20)8-4-5-17(7-8)11-3-2-10-14-6-9(13)18(10)15-11/h2-3,6,8H,4-5,7H2,1H3,(H,19,20)/t8-/m0/s1. The second-order valence-electron chi connectivity index (χ2n) is 4.82. The van der Waals surface area contributed by atoms with Gasteiger partial charge >= 0.3 is 6.09 Å². The van der Waals surface area contributed by atoms with Gasteiger partial charge in [0.1, 0.15) is 10.4 Å². The van der Waals surface area contributed by atoms with Crippen molar-refractivity contribution < 1.29 is 9.90 Å². The largest absolute Gasteiger partial charge is 0.465 e. The van der Waals surface area contributed by atoms with Gasteiger partial charge in [-0.15, -0.1) is 5.10 Å². The maximum absolute atomic E-state index is 11.0. The molecule has 1 aliphatic rings. The number of aromatic nitrogens is 3. The minimum atomic E-state index is -0.891. The Morgan fingerprint density at radius 3 is 3.10 bits per heavy atom. The second kappa shape index (κ2) is 4.93. The Bertz CT molecular complexity index is 658. The Balaban J connectivity index is 1.82. The fraction of sp³-hybridized carbons (Fsp3) is 0.417. The lowest BCUT2D eigenvalue weighted by atomic mass is 10.2. The van der Waals surface area contributed by atoms with Crippen molar-refractivity contribution in [3.05, 3.63) is 22.9 Å². The van der Waals surface area contributed by atoms with Gasteiger partial charge in [-0.2, -0.15) is 0 Å². The molecule has 8 heteroatoms. The van der Waals surface area contributed by atoms with Crippen LogP contribution in [0.3, 0.4) is 0 Å². The van der Waals surface area contributed by atoms with Crippen molar-refractivity contribution in [1.82, 2.24) is 19.5 Å². The van der Waals surface area contributed by atoms with E-state index in [9.17, 15) is 4.79 Å². The van der Waals surface area contributed by atoms with Crippen molar-refractivity contribution in [3.8, 4) is 0 Å². The molecule has 2 aromatic heterocycles. The number of likely N-dealkylation sites (N-methyl/N-ethyl adjacent to an activating group) is 1. The predicted molar refractivity (Wildman–Crippen MR) is 77.1 cm³/mol. The summed E-state index contributed by atoms with van der Waals surface area (Å²) in [6, 6.07) is 3.83. The molecule has 3 heterocycles. The number of halogens is 1. The van der Waals surface area contributed by atoms with E-state index in [2.05, 4.69) is 30.9 Å². The lowest BCUT2D eigenvalue weighted by Crippen LogP contribution is -2.38. The van der Waals surface area contributed by atoms with Crippen LogP contribution in [0.2, 0.25) is 0 Å². The number of imidazole rings is 1. The highest BCUT2D eigenvalue weighted by Crippen LogP contribution is 2.22. The van der Waals surface area contributed by atoms with Gasteiger partial charge in [0.2, 0.25) is 0 Å². The molecule has 0 aromatic carbocycles. The van der Waals surface area contributed by atoms with Crippen LogP contribution in [0.15, 0.2) is 22.9 Å². The van der Waals surface area contributed by atoms with Crippen LogP contribution in [-0.2, 0) is 0 Å². The van der Waals surface area contributed by atoms with Gasteiger partial charge in [-0.05, 0) is 34.5 Å². The zero-order chi connectivity index (χ0) is 14.3. The van der Waals surface area contributed by atoms with Crippen LogP contribution in [0.25, 0.3) is 5.65 Å². The lowest BCUT2D eigenvalue weighted by Gasteiger charge is -2.22. The van der Waals surface area contributed by atoms with Crippen LogP contribution in [0, 0.1) is 0 Å². The number of anilines is 1. The topological polar surface area (TPSA) is 74.0 Å². The number of hydrogen-bond acceptors (Lipinski definition) is 4. The molecule has 7 nitrogen and oxygen atoms in total. The molecule has 3 rings (SSSR count). The fourth-order valence-electron chi connectivity index (χ4n) is 2.43. The van der Waals surface area contributed by atoms with Gasteiger partial charge < -0.3 is 14.9 Å². The van der Waals surface area contributed by atoms with Crippen molar-refractivity contribution >= 4 is 33.5 Å². The van der Waals surface area contributed by atoms with E-state index in [-0.39, 0.29) is 6.04 Å². The molecule has 1 atom stereocenters. The van der Waals surface area contributed by atoms with Crippen LogP contribution >= 0.6 is 15.9 Å². The third-order valence-corrected chi connectivity index (χ3v) is 4.18. The number of carboxylic acid groups (broad SMARTS) is 1. The first-order valence-electron chi connectivity index (χ1n) is 6.27. The Kier molecular flexibility index (Phi) is 3.25. The first-order chi connectivity index (χ1) is 9.56. The van der Waals surface area contributed by atoms with E-state index >= 15 is 0 Å². The summed E-state index contributed by atoms with van der Waals surface area (Å²) >= 11 is 3.40. The average Bonchev–Trinajstić information content (AvgIpc) is 3.05. The van der Waals surface area contributed by atoms with Gasteiger partial charge in [0.25, 0.3) is 0 Å². The Hall–Kier alpha value is -1.83. The number of hydrogen-bond donors (Lipinski definition) is 1. The van der Waals surface area contributed by atoms with Gasteiger partial charge in [-0.1, -0.05) is 0 Å². The monoisotopic (exact) mass is 339 g/mol. The Labute approximate surface area is 123 Å². The Morgan fingerprint density at radius 2 is 2.35 bits per heavy atom. The molecular weight excluding hydrogens is 326 g/mol. The normalized spacial score (nSPS) is 18.7. The molecule has 0 bridgehead atoms. The molecule has 1 fully saturated rings. The number of amides is 1. The first-order valence-corrected chi connectivity index (χ1v) is 7.06. The molecule has 0 spiro atoms. The van der Waals surface area contributed by atoms with Crippen molar-refractivity contribution in [1.29, 1.82) is 0 Å². The van der Waals surface area contributed by atoms with Crippen LogP contribution in [0.1, 0.15) is 6.42 Å². The van der Waals surface area contributed by atoms with Gasteiger partial charge in [0.05, 0.1) is 12.2 Å². The SMILES string of the molecule is CN(C(=O)O)[C@H]1CCN(c2ccc3ncc(Br)n3n2)C1. The summed E-state index contributed by atoms with van der Waals surface area (Å²) in [5.41, 5.74) is 0.777. The predicted octanol–water partition coefficient (Wildman–Crippen LogP) is 1.68. The zero-order valence-corrected chi connectivity index (χ0v) is 12.5. The van der Waals surface area contributed by atoms with Crippen LogP contribution in [0.5, 0.6) is 0 Å². The van der Waals surface area contributed by atoms with E-state index in [0.717, 1.165) is 29.0 Å². The van der Waals surface area contributed by atoms with Crippen molar-refractivity contribution in [2.24, 2.45) is 0 Å². The van der Waals surface area contributed by atoms with E-state index in [1.54, 1.807) is 17.8 Å². The lowest BCUT2D eigenvalue weighted by molar-refractivity contribution is 0.142. The van der Waals surface area contributed by atoms with Crippen LogP contribution in [-0.4, -0.2) is 56.9 Å². The summed E-state index contributed by atoms with van der Waals surface area (Å²) in [4.78, 5) is 18.6. The van der Waals surface area contributed by atoms with Gasteiger partial charge in [0, 0.05) is 20.1 Å². The molecule has 1 saturated heterocycles. The smallest absolute Gasteiger partial charge is 0.407 e. The quantitative estimate of drug-likeness (QED) is 0.900. The van der Waals surface area contributed by atoms with Gasteiger partial charge in [-0.3, -0.25) is 0 Å². The highest BCUT2D eigenvalue weighted by atomic mass is 79.9. The van der Waals surface area contributed by atoms with Crippen molar-refractivity contribution in [3.63, 3.8) is 0 Å². The first kappa shape index (κ1) is 13.2. The van der Waals surface area contributed by atoms with E-state index in [4.69, 9.17) is 5.11 Å². The maximum atomic E-state index is 11.0. The number of rotatable bonds is 2. The Morgan fingerprint density at radius 1 is 1.55 bits per heavy atom.